The molecule has 0 bridgehead atoms. The number of aryl methyl sites for hydroxylation is 1. The summed E-state index contributed by atoms with van der Waals surface area (Å²) in [6.07, 6.45) is 7.38. The van der Waals surface area contributed by atoms with Crippen LogP contribution in [0.1, 0.15) is 58.1 Å². The van der Waals surface area contributed by atoms with E-state index in [0.717, 1.165) is 55.8 Å². The molecule has 1 amide bonds. The van der Waals surface area contributed by atoms with E-state index >= 15 is 0 Å². The van der Waals surface area contributed by atoms with Gasteiger partial charge in [-0.3, -0.25) is 9.20 Å². The van der Waals surface area contributed by atoms with Crippen LogP contribution < -0.4 is 0 Å². The minimum absolute atomic E-state index is 0.187. The Labute approximate surface area is 159 Å². The fourth-order valence-electron chi connectivity index (χ4n) is 4.73. The van der Waals surface area contributed by atoms with Crippen LogP contribution in [0, 0.1) is 6.92 Å². The molecule has 3 aromatic rings. The molecule has 3 heterocycles. The van der Waals surface area contributed by atoms with Gasteiger partial charge in [0.25, 0.3) is 5.91 Å². The Kier molecular flexibility index (Phi) is 3.96. The number of amides is 1. The van der Waals surface area contributed by atoms with Crippen LogP contribution in [0.2, 0.25) is 0 Å². The first-order valence-electron chi connectivity index (χ1n) is 9.92. The maximum atomic E-state index is 13.1. The highest BCUT2D eigenvalue weighted by atomic mass is 16.2. The third-order valence-corrected chi connectivity index (χ3v) is 6.29. The fraction of sp³-hybridized carbons (Fsp3) is 0.409. The van der Waals surface area contributed by atoms with Gasteiger partial charge in [0.2, 0.25) is 0 Å². The number of likely N-dealkylation sites (tertiary alicyclic amines) is 1. The highest BCUT2D eigenvalue weighted by molar-refractivity contribution is 5.96. The quantitative estimate of drug-likeness (QED) is 0.702. The lowest BCUT2D eigenvalue weighted by Gasteiger charge is -2.32. The molecule has 138 valence electrons. The largest absolute Gasteiger partial charge is 0.339 e. The Morgan fingerprint density at radius 2 is 1.93 bits per heavy atom. The molecule has 1 fully saturated rings. The second-order valence-corrected chi connectivity index (χ2v) is 7.78. The van der Waals surface area contributed by atoms with Gasteiger partial charge in [-0.2, -0.15) is 0 Å². The highest BCUT2D eigenvalue weighted by Gasteiger charge is 2.28. The van der Waals surface area contributed by atoms with E-state index < -0.39 is 0 Å². The number of aromatic nitrogens is 3. The summed E-state index contributed by atoms with van der Waals surface area (Å²) in [5, 5.41) is 8.68. The molecule has 0 atom stereocenters. The van der Waals surface area contributed by atoms with Gasteiger partial charge in [-0.05, 0) is 73.9 Å². The summed E-state index contributed by atoms with van der Waals surface area (Å²) in [4.78, 5) is 15.1. The monoisotopic (exact) mass is 360 g/mol. The van der Waals surface area contributed by atoms with Crippen molar-refractivity contribution < 1.29 is 4.79 Å². The third-order valence-electron chi connectivity index (χ3n) is 6.29. The van der Waals surface area contributed by atoms with Gasteiger partial charge >= 0.3 is 0 Å². The Hall–Kier alpha value is -2.69. The first-order valence-corrected chi connectivity index (χ1v) is 9.92. The average Bonchev–Trinajstić information content (AvgIpc) is 3.35. The van der Waals surface area contributed by atoms with Crippen molar-refractivity contribution in [3.63, 3.8) is 0 Å². The maximum absolute atomic E-state index is 13.1. The fourth-order valence-corrected chi connectivity index (χ4v) is 4.73. The van der Waals surface area contributed by atoms with Crippen LogP contribution in [0.4, 0.5) is 0 Å². The van der Waals surface area contributed by atoms with Crippen LogP contribution >= 0.6 is 0 Å². The van der Waals surface area contributed by atoms with E-state index in [1.165, 1.54) is 23.1 Å². The summed E-state index contributed by atoms with van der Waals surface area (Å²) in [6, 6.07) is 10.2. The van der Waals surface area contributed by atoms with Crippen LogP contribution in [-0.4, -0.2) is 38.5 Å². The van der Waals surface area contributed by atoms with Gasteiger partial charge in [0, 0.05) is 30.8 Å². The molecule has 0 spiro atoms. The summed E-state index contributed by atoms with van der Waals surface area (Å²) >= 11 is 0. The zero-order valence-electron chi connectivity index (χ0n) is 15.7. The number of fused-ring (bicyclic) bond motifs is 2. The third kappa shape index (κ3) is 2.73. The van der Waals surface area contributed by atoms with Crippen LogP contribution in [0.15, 0.2) is 36.5 Å². The Balaban J connectivity index is 1.33. The van der Waals surface area contributed by atoms with E-state index in [-0.39, 0.29) is 5.91 Å². The van der Waals surface area contributed by atoms with Crippen molar-refractivity contribution in [3.05, 3.63) is 64.6 Å². The van der Waals surface area contributed by atoms with Gasteiger partial charge in [-0.25, -0.2) is 0 Å². The number of rotatable bonds is 2. The molecule has 1 aliphatic carbocycles. The van der Waals surface area contributed by atoms with Crippen molar-refractivity contribution in [2.75, 3.05) is 13.1 Å². The lowest BCUT2D eigenvalue weighted by atomic mass is 9.94. The molecule has 0 radical (unpaired) electrons. The lowest BCUT2D eigenvalue weighted by molar-refractivity contribution is 0.0710. The van der Waals surface area contributed by atoms with Crippen LogP contribution in [0.3, 0.4) is 0 Å². The van der Waals surface area contributed by atoms with Crippen molar-refractivity contribution in [2.24, 2.45) is 0 Å². The topological polar surface area (TPSA) is 50.5 Å². The summed E-state index contributed by atoms with van der Waals surface area (Å²) in [6.45, 7) is 3.68. The molecule has 5 nitrogen and oxygen atoms in total. The summed E-state index contributed by atoms with van der Waals surface area (Å²) in [7, 11) is 0. The molecule has 2 aliphatic rings. The average molecular weight is 360 g/mol. The van der Waals surface area contributed by atoms with Crippen molar-refractivity contribution in [1.29, 1.82) is 0 Å². The van der Waals surface area contributed by atoms with E-state index in [1.54, 1.807) is 0 Å². The molecule has 0 unspecified atom stereocenters. The molecule has 2 aromatic heterocycles. The van der Waals surface area contributed by atoms with Gasteiger partial charge in [-0.1, -0.05) is 12.1 Å². The van der Waals surface area contributed by atoms with E-state index in [2.05, 4.69) is 27.6 Å². The van der Waals surface area contributed by atoms with Crippen molar-refractivity contribution in [2.45, 2.75) is 44.9 Å². The van der Waals surface area contributed by atoms with Crippen molar-refractivity contribution >= 4 is 11.6 Å². The summed E-state index contributed by atoms with van der Waals surface area (Å²) in [5.74, 6) is 1.56. The van der Waals surface area contributed by atoms with E-state index in [4.69, 9.17) is 0 Å². The highest BCUT2D eigenvalue weighted by Crippen LogP contribution is 2.31. The lowest BCUT2D eigenvalue weighted by Crippen LogP contribution is -2.38. The zero-order valence-corrected chi connectivity index (χ0v) is 15.7. The van der Waals surface area contributed by atoms with Crippen molar-refractivity contribution in [1.82, 2.24) is 19.5 Å². The minimum Gasteiger partial charge on any atom is -0.339 e. The second kappa shape index (κ2) is 6.48. The maximum Gasteiger partial charge on any atom is 0.254 e. The zero-order chi connectivity index (χ0) is 18.4. The SMILES string of the molecule is Cc1c(C(=O)N2CCC(c3nnc4ccccn34)CC2)ccc2c1CCC2. The molecule has 27 heavy (non-hydrogen) atoms. The standard InChI is InChI=1S/C22H24N4O/c1-15-18-6-4-5-16(18)8-9-19(15)22(27)25-13-10-17(11-14-25)21-24-23-20-7-2-3-12-26(20)21/h2-3,7-9,12,17H,4-6,10-11,13-14H2,1H3. The van der Waals surface area contributed by atoms with E-state index in [9.17, 15) is 4.79 Å². The van der Waals surface area contributed by atoms with E-state index in [1.807, 2.05) is 35.4 Å². The van der Waals surface area contributed by atoms with Crippen LogP contribution in [0.25, 0.3) is 5.65 Å². The van der Waals surface area contributed by atoms with Crippen LogP contribution in [0.5, 0.6) is 0 Å². The normalized spacial score (nSPS) is 17.4. The van der Waals surface area contributed by atoms with E-state index in [0.29, 0.717) is 5.92 Å². The Morgan fingerprint density at radius 3 is 2.78 bits per heavy atom. The molecule has 0 saturated carbocycles. The Morgan fingerprint density at radius 1 is 1.07 bits per heavy atom. The van der Waals surface area contributed by atoms with Crippen molar-refractivity contribution in [3.8, 4) is 0 Å². The van der Waals surface area contributed by atoms with Gasteiger partial charge in [0.05, 0.1) is 0 Å². The first-order chi connectivity index (χ1) is 13.2. The summed E-state index contributed by atoms with van der Waals surface area (Å²) < 4.78 is 2.08. The molecule has 1 aliphatic heterocycles. The van der Waals surface area contributed by atoms with Gasteiger partial charge in [0.15, 0.2) is 5.65 Å². The Bertz CT molecular complexity index is 1010. The smallest absolute Gasteiger partial charge is 0.254 e. The van der Waals surface area contributed by atoms with Gasteiger partial charge < -0.3 is 4.90 Å². The number of nitrogens with zero attached hydrogens (tertiary/aromatic N) is 4. The number of carbonyl (C=O) groups is 1. The molecule has 5 heteroatoms. The van der Waals surface area contributed by atoms with Gasteiger partial charge in [-0.15, -0.1) is 10.2 Å². The molecule has 1 aromatic carbocycles. The number of piperidine rings is 1. The number of carbonyl (C=O) groups excluding carboxylic acids is 1. The predicted molar refractivity (Wildman–Crippen MR) is 104 cm³/mol. The molecule has 1 saturated heterocycles. The molecular formula is C22H24N4O. The van der Waals surface area contributed by atoms with Gasteiger partial charge in [0.1, 0.15) is 5.82 Å². The number of hydrogen-bond donors (Lipinski definition) is 0. The molecular weight excluding hydrogens is 336 g/mol. The number of hydrogen-bond acceptors (Lipinski definition) is 3. The number of pyridine rings is 1. The minimum atomic E-state index is 0.187. The second-order valence-electron chi connectivity index (χ2n) is 7.78. The first kappa shape index (κ1) is 16.5. The molecule has 0 N–H and O–H groups in total. The molecule has 5 rings (SSSR count). The van der Waals surface area contributed by atoms with Crippen LogP contribution in [-0.2, 0) is 12.8 Å². The predicted octanol–water partition coefficient (Wildman–Crippen LogP) is 3.55. The summed E-state index contributed by atoms with van der Waals surface area (Å²) in [5.41, 5.74) is 5.81. The number of benzene rings is 1.